The van der Waals surface area contributed by atoms with Crippen molar-refractivity contribution >= 4 is 23.4 Å². The van der Waals surface area contributed by atoms with Crippen LogP contribution in [0.1, 0.15) is 48.0 Å². The Balaban J connectivity index is 2.31. The third-order valence-electron chi connectivity index (χ3n) is 2.35. The molecule has 0 aliphatic heterocycles. The van der Waals surface area contributed by atoms with Crippen molar-refractivity contribution in [3.05, 3.63) is 10.6 Å². The number of carboxylic acid groups (broad SMARTS) is 1. The first-order valence-corrected chi connectivity index (χ1v) is 6.73. The molecule has 100 valence electrons. The van der Waals surface area contributed by atoms with E-state index >= 15 is 0 Å². The minimum Gasteiger partial charge on any atom is -0.481 e. The van der Waals surface area contributed by atoms with Gasteiger partial charge in [-0.05, 0) is 30.8 Å². The van der Waals surface area contributed by atoms with E-state index in [1.807, 2.05) is 6.92 Å². The molecule has 0 spiro atoms. The van der Waals surface area contributed by atoms with Crippen LogP contribution in [-0.4, -0.2) is 33.1 Å². The molecule has 0 saturated carbocycles. The summed E-state index contributed by atoms with van der Waals surface area (Å²) in [6.07, 6.45) is 3.04. The minimum atomic E-state index is -0.807. The van der Waals surface area contributed by atoms with Crippen molar-refractivity contribution in [3.8, 4) is 0 Å². The fourth-order valence-electron chi connectivity index (χ4n) is 1.46. The molecule has 0 fully saturated rings. The number of carboxylic acids is 1. The zero-order valence-electron chi connectivity index (χ0n) is 10.3. The van der Waals surface area contributed by atoms with Gasteiger partial charge in [-0.25, -0.2) is 0 Å². The molecule has 0 aliphatic carbocycles. The van der Waals surface area contributed by atoms with Crippen molar-refractivity contribution in [1.82, 2.24) is 14.9 Å². The summed E-state index contributed by atoms with van der Waals surface area (Å²) in [7, 11) is 0. The van der Waals surface area contributed by atoms with Gasteiger partial charge < -0.3 is 10.4 Å². The smallest absolute Gasteiger partial charge is 0.303 e. The molecule has 0 unspecified atom stereocenters. The van der Waals surface area contributed by atoms with Gasteiger partial charge in [-0.3, -0.25) is 9.59 Å². The normalized spacial score (nSPS) is 10.3. The Morgan fingerprint density at radius 1 is 1.39 bits per heavy atom. The van der Waals surface area contributed by atoms with E-state index in [1.54, 1.807) is 0 Å². The Labute approximate surface area is 110 Å². The fourth-order valence-corrected chi connectivity index (χ4v) is 2.09. The van der Waals surface area contributed by atoms with E-state index in [0.29, 0.717) is 24.3 Å². The summed E-state index contributed by atoms with van der Waals surface area (Å²) >= 11 is 1.10. The Bertz CT molecular complexity index is 406. The second-order valence-electron chi connectivity index (χ2n) is 3.91. The first-order valence-electron chi connectivity index (χ1n) is 5.96. The average Bonchev–Trinajstić information content (AvgIpc) is 2.77. The van der Waals surface area contributed by atoms with Gasteiger partial charge in [0.15, 0.2) is 0 Å². The van der Waals surface area contributed by atoms with E-state index < -0.39 is 5.97 Å². The highest BCUT2D eigenvalue weighted by Crippen LogP contribution is 2.12. The lowest BCUT2D eigenvalue weighted by atomic mass is 10.2. The molecule has 18 heavy (non-hydrogen) atoms. The molecule has 1 rings (SSSR count). The minimum absolute atomic E-state index is 0.138. The zero-order chi connectivity index (χ0) is 13.4. The summed E-state index contributed by atoms with van der Waals surface area (Å²) in [5.74, 6) is -0.970. The van der Waals surface area contributed by atoms with Gasteiger partial charge in [-0.1, -0.05) is 17.8 Å². The quantitative estimate of drug-likeness (QED) is 0.699. The van der Waals surface area contributed by atoms with Crippen LogP contribution in [0.4, 0.5) is 0 Å². The number of aliphatic carboxylic acids is 1. The number of amides is 1. The number of hydrogen-bond donors (Lipinski definition) is 2. The van der Waals surface area contributed by atoms with Crippen LogP contribution >= 0.6 is 11.5 Å². The number of carbonyl (C=O) groups is 2. The molecule has 0 aromatic carbocycles. The molecule has 0 aliphatic rings. The number of nitrogens with zero attached hydrogens (tertiary/aromatic N) is 2. The van der Waals surface area contributed by atoms with Crippen molar-refractivity contribution in [2.24, 2.45) is 0 Å². The molecular weight excluding hydrogens is 254 g/mol. The van der Waals surface area contributed by atoms with E-state index in [4.69, 9.17) is 5.11 Å². The molecule has 0 atom stereocenters. The topological polar surface area (TPSA) is 92.2 Å². The number of rotatable bonds is 8. The van der Waals surface area contributed by atoms with Crippen LogP contribution in [0, 0.1) is 0 Å². The lowest BCUT2D eigenvalue weighted by Gasteiger charge is -2.03. The Morgan fingerprint density at radius 2 is 2.17 bits per heavy atom. The SMILES string of the molecule is CCCc1nnsc1C(=O)NCCCCC(=O)O. The van der Waals surface area contributed by atoms with Gasteiger partial charge >= 0.3 is 5.97 Å². The third-order valence-corrected chi connectivity index (χ3v) is 3.12. The average molecular weight is 271 g/mol. The Morgan fingerprint density at radius 3 is 2.83 bits per heavy atom. The molecule has 0 radical (unpaired) electrons. The Hall–Kier alpha value is -1.50. The van der Waals surface area contributed by atoms with Crippen LogP contribution in [-0.2, 0) is 11.2 Å². The molecule has 0 bridgehead atoms. The first-order chi connectivity index (χ1) is 8.65. The first kappa shape index (κ1) is 14.6. The van der Waals surface area contributed by atoms with Gasteiger partial charge in [0.05, 0.1) is 5.69 Å². The number of aryl methyl sites for hydroxylation is 1. The van der Waals surface area contributed by atoms with E-state index in [0.717, 1.165) is 30.1 Å². The maximum absolute atomic E-state index is 11.8. The summed E-state index contributed by atoms with van der Waals surface area (Å²) in [5, 5.41) is 15.1. The molecule has 1 aromatic rings. The summed E-state index contributed by atoms with van der Waals surface area (Å²) in [6.45, 7) is 2.50. The predicted molar refractivity (Wildman–Crippen MR) is 67.7 cm³/mol. The van der Waals surface area contributed by atoms with Crippen molar-refractivity contribution in [2.45, 2.75) is 39.0 Å². The molecule has 6 nitrogen and oxygen atoms in total. The lowest BCUT2D eigenvalue weighted by Crippen LogP contribution is -2.24. The highest BCUT2D eigenvalue weighted by atomic mass is 32.1. The lowest BCUT2D eigenvalue weighted by molar-refractivity contribution is -0.137. The summed E-state index contributed by atoms with van der Waals surface area (Å²) in [6, 6.07) is 0. The van der Waals surface area contributed by atoms with Crippen LogP contribution < -0.4 is 5.32 Å². The molecular formula is C11H17N3O3S. The van der Waals surface area contributed by atoms with Gasteiger partial charge in [0.25, 0.3) is 5.91 Å². The molecule has 2 N–H and O–H groups in total. The van der Waals surface area contributed by atoms with E-state index in [-0.39, 0.29) is 12.3 Å². The Kier molecular flexibility index (Phi) is 6.27. The van der Waals surface area contributed by atoms with Gasteiger partial charge in [-0.2, -0.15) is 0 Å². The van der Waals surface area contributed by atoms with Gasteiger partial charge in [0, 0.05) is 13.0 Å². The fraction of sp³-hybridized carbons (Fsp3) is 0.636. The van der Waals surface area contributed by atoms with Crippen LogP contribution in [0.5, 0.6) is 0 Å². The van der Waals surface area contributed by atoms with Crippen molar-refractivity contribution in [2.75, 3.05) is 6.54 Å². The van der Waals surface area contributed by atoms with Crippen LogP contribution in [0.25, 0.3) is 0 Å². The van der Waals surface area contributed by atoms with Crippen molar-refractivity contribution in [3.63, 3.8) is 0 Å². The van der Waals surface area contributed by atoms with E-state index in [9.17, 15) is 9.59 Å². The highest BCUT2D eigenvalue weighted by Gasteiger charge is 2.14. The summed E-state index contributed by atoms with van der Waals surface area (Å²) in [5.41, 5.74) is 0.741. The number of carbonyl (C=O) groups excluding carboxylic acids is 1. The van der Waals surface area contributed by atoms with Crippen LogP contribution in [0.15, 0.2) is 0 Å². The van der Waals surface area contributed by atoms with Gasteiger partial charge in [0.2, 0.25) is 0 Å². The van der Waals surface area contributed by atoms with Crippen LogP contribution in [0.2, 0.25) is 0 Å². The second kappa shape index (κ2) is 7.75. The number of unbranched alkanes of at least 4 members (excludes halogenated alkanes) is 1. The zero-order valence-corrected chi connectivity index (χ0v) is 11.1. The molecule has 0 saturated heterocycles. The molecule has 1 aromatic heterocycles. The van der Waals surface area contributed by atoms with Crippen molar-refractivity contribution < 1.29 is 14.7 Å². The van der Waals surface area contributed by atoms with Crippen molar-refractivity contribution in [1.29, 1.82) is 0 Å². The van der Waals surface area contributed by atoms with Crippen LogP contribution in [0.3, 0.4) is 0 Å². The largest absolute Gasteiger partial charge is 0.481 e. The third kappa shape index (κ3) is 4.79. The number of nitrogens with one attached hydrogen (secondary N) is 1. The highest BCUT2D eigenvalue weighted by molar-refractivity contribution is 7.08. The monoisotopic (exact) mass is 271 g/mol. The molecule has 1 heterocycles. The molecule has 7 heteroatoms. The van der Waals surface area contributed by atoms with E-state index in [2.05, 4.69) is 14.9 Å². The predicted octanol–water partition coefficient (Wildman–Crippen LogP) is 1.48. The number of aromatic nitrogens is 2. The van der Waals surface area contributed by atoms with E-state index in [1.165, 1.54) is 0 Å². The summed E-state index contributed by atoms with van der Waals surface area (Å²) < 4.78 is 3.78. The number of hydrogen-bond acceptors (Lipinski definition) is 5. The van der Waals surface area contributed by atoms with Gasteiger partial charge in [0.1, 0.15) is 4.88 Å². The second-order valence-corrected chi connectivity index (χ2v) is 4.66. The van der Waals surface area contributed by atoms with Gasteiger partial charge in [-0.15, -0.1) is 5.10 Å². The summed E-state index contributed by atoms with van der Waals surface area (Å²) in [4.78, 5) is 22.7. The standard InChI is InChI=1S/C11H17N3O3S/c1-2-5-8-10(18-14-13-8)11(17)12-7-4-3-6-9(15)16/h2-7H2,1H3,(H,12,17)(H,15,16). The molecule has 1 amide bonds. The maximum atomic E-state index is 11.8. The maximum Gasteiger partial charge on any atom is 0.303 e.